The lowest BCUT2D eigenvalue weighted by Gasteiger charge is -2.04. The van der Waals surface area contributed by atoms with E-state index in [0.29, 0.717) is 17.7 Å². The molecule has 0 fully saturated rings. The van der Waals surface area contributed by atoms with Crippen LogP contribution in [0.1, 0.15) is 23.0 Å². The summed E-state index contributed by atoms with van der Waals surface area (Å²) < 4.78 is 0. The van der Waals surface area contributed by atoms with Crippen LogP contribution in [0.5, 0.6) is 0 Å². The molecule has 0 spiro atoms. The van der Waals surface area contributed by atoms with Crippen molar-refractivity contribution in [2.45, 2.75) is 13.3 Å². The number of hydrogen-bond acceptors (Lipinski definition) is 2. The molecule has 0 radical (unpaired) electrons. The van der Waals surface area contributed by atoms with Crippen LogP contribution in [0.4, 0.5) is 0 Å². The number of hydrogen-bond donors (Lipinski definition) is 1. The van der Waals surface area contributed by atoms with Crippen molar-refractivity contribution in [3.05, 3.63) is 41.6 Å². The van der Waals surface area contributed by atoms with Crippen LogP contribution in [-0.2, 0) is 6.42 Å². The standard InChI is InChI=1S/C12H11NO2.ClH/c1-2-10-9(12(14)15)7-8-5-3-4-6-11(8)13-10;/h3-7H,2H2,1H3,(H,14,15);1H. The van der Waals surface area contributed by atoms with Gasteiger partial charge < -0.3 is 5.11 Å². The highest BCUT2D eigenvalue weighted by Crippen LogP contribution is 2.17. The minimum Gasteiger partial charge on any atom is -0.478 e. The topological polar surface area (TPSA) is 50.2 Å². The number of carbonyl (C=O) groups is 1. The average Bonchev–Trinajstić information content (AvgIpc) is 2.27. The van der Waals surface area contributed by atoms with E-state index in [-0.39, 0.29) is 12.4 Å². The molecular weight excluding hydrogens is 226 g/mol. The average molecular weight is 238 g/mol. The Labute approximate surface area is 99.5 Å². The van der Waals surface area contributed by atoms with E-state index < -0.39 is 5.97 Å². The van der Waals surface area contributed by atoms with Crippen molar-refractivity contribution in [1.82, 2.24) is 4.98 Å². The first-order valence-electron chi connectivity index (χ1n) is 4.84. The van der Waals surface area contributed by atoms with Gasteiger partial charge in [-0.25, -0.2) is 4.79 Å². The van der Waals surface area contributed by atoms with E-state index in [0.717, 1.165) is 10.9 Å². The van der Waals surface area contributed by atoms with Crippen LogP contribution >= 0.6 is 12.4 Å². The molecule has 84 valence electrons. The summed E-state index contributed by atoms with van der Waals surface area (Å²) in [5, 5.41) is 9.88. The van der Waals surface area contributed by atoms with Crippen molar-refractivity contribution in [3.8, 4) is 0 Å². The Hall–Kier alpha value is -1.61. The van der Waals surface area contributed by atoms with E-state index >= 15 is 0 Å². The summed E-state index contributed by atoms with van der Waals surface area (Å²) in [5.41, 5.74) is 1.79. The number of halogens is 1. The van der Waals surface area contributed by atoms with Crippen molar-refractivity contribution in [1.29, 1.82) is 0 Å². The number of pyridine rings is 1. The third kappa shape index (κ3) is 2.14. The number of nitrogens with zero attached hydrogens (tertiary/aromatic N) is 1. The molecule has 16 heavy (non-hydrogen) atoms. The van der Waals surface area contributed by atoms with Crippen LogP contribution in [0.25, 0.3) is 10.9 Å². The van der Waals surface area contributed by atoms with Crippen molar-refractivity contribution < 1.29 is 9.90 Å². The Kier molecular flexibility index (Phi) is 3.85. The predicted molar refractivity (Wildman–Crippen MR) is 65.3 cm³/mol. The highest BCUT2D eigenvalue weighted by Gasteiger charge is 2.11. The molecule has 0 aliphatic rings. The molecule has 4 heteroatoms. The second kappa shape index (κ2) is 4.94. The van der Waals surface area contributed by atoms with Crippen LogP contribution in [0, 0.1) is 0 Å². The van der Waals surface area contributed by atoms with Gasteiger partial charge in [0.2, 0.25) is 0 Å². The smallest absolute Gasteiger partial charge is 0.337 e. The zero-order chi connectivity index (χ0) is 10.8. The van der Waals surface area contributed by atoms with Crippen molar-refractivity contribution in [3.63, 3.8) is 0 Å². The minimum absolute atomic E-state index is 0. The molecule has 0 saturated carbocycles. The zero-order valence-corrected chi connectivity index (χ0v) is 9.62. The van der Waals surface area contributed by atoms with Crippen LogP contribution in [0.2, 0.25) is 0 Å². The van der Waals surface area contributed by atoms with E-state index in [2.05, 4.69) is 4.98 Å². The molecule has 1 N–H and O–H groups in total. The number of benzene rings is 1. The molecule has 0 saturated heterocycles. The second-order valence-electron chi connectivity index (χ2n) is 3.33. The molecule has 1 aromatic carbocycles. The molecule has 0 bridgehead atoms. The normalized spacial score (nSPS) is 9.81. The maximum absolute atomic E-state index is 11.0. The second-order valence-corrected chi connectivity index (χ2v) is 3.33. The van der Waals surface area contributed by atoms with E-state index in [1.54, 1.807) is 6.07 Å². The van der Waals surface area contributed by atoms with Crippen molar-refractivity contribution in [2.75, 3.05) is 0 Å². The van der Waals surface area contributed by atoms with Gasteiger partial charge in [-0.3, -0.25) is 4.98 Å². The molecule has 1 aromatic heterocycles. The number of aryl methyl sites for hydroxylation is 1. The monoisotopic (exact) mass is 237 g/mol. The molecule has 0 unspecified atom stereocenters. The SMILES string of the molecule is CCc1nc2ccccc2cc1C(=O)O.Cl. The fourth-order valence-electron chi connectivity index (χ4n) is 1.61. The molecule has 0 aliphatic heterocycles. The highest BCUT2D eigenvalue weighted by atomic mass is 35.5. The summed E-state index contributed by atoms with van der Waals surface area (Å²) in [4.78, 5) is 15.3. The van der Waals surface area contributed by atoms with Gasteiger partial charge in [0.05, 0.1) is 16.8 Å². The fourth-order valence-corrected chi connectivity index (χ4v) is 1.61. The van der Waals surface area contributed by atoms with E-state index in [1.165, 1.54) is 0 Å². The van der Waals surface area contributed by atoms with E-state index in [1.807, 2.05) is 31.2 Å². The summed E-state index contributed by atoms with van der Waals surface area (Å²) in [5.74, 6) is -0.912. The molecule has 0 aliphatic carbocycles. The number of carboxylic acid groups (broad SMARTS) is 1. The Morgan fingerprint density at radius 2 is 2.06 bits per heavy atom. The predicted octanol–water partition coefficient (Wildman–Crippen LogP) is 2.92. The lowest BCUT2D eigenvalue weighted by atomic mass is 10.1. The maximum atomic E-state index is 11.0. The van der Waals surface area contributed by atoms with Crippen LogP contribution in [0.3, 0.4) is 0 Å². The number of aromatic nitrogens is 1. The van der Waals surface area contributed by atoms with Crippen LogP contribution in [-0.4, -0.2) is 16.1 Å². The Morgan fingerprint density at radius 3 is 2.69 bits per heavy atom. The number of aromatic carboxylic acids is 1. The minimum atomic E-state index is -0.912. The number of fused-ring (bicyclic) bond motifs is 1. The third-order valence-electron chi connectivity index (χ3n) is 2.37. The first-order chi connectivity index (χ1) is 7.22. The lowest BCUT2D eigenvalue weighted by molar-refractivity contribution is 0.0695. The molecule has 3 nitrogen and oxygen atoms in total. The van der Waals surface area contributed by atoms with Gasteiger partial charge in [-0.05, 0) is 18.6 Å². The maximum Gasteiger partial charge on any atom is 0.337 e. The van der Waals surface area contributed by atoms with Gasteiger partial charge >= 0.3 is 5.97 Å². The fraction of sp³-hybridized carbons (Fsp3) is 0.167. The number of rotatable bonds is 2. The van der Waals surface area contributed by atoms with Gasteiger partial charge in [-0.2, -0.15) is 0 Å². The molecule has 1 heterocycles. The van der Waals surface area contributed by atoms with E-state index in [4.69, 9.17) is 5.11 Å². The summed E-state index contributed by atoms with van der Waals surface area (Å²) in [6, 6.07) is 9.22. The summed E-state index contributed by atoms with van der Waals surface area (Å²) in [6.45, 7) is 1.91. The number of para-hydroxylation sites is 1. The Bertz CT molecular complexity index is 525. The molecule has 2 rings (SSSR count). The van der Waals surface area contributed by atoms with Crippen LogP contribution < -0.4 is 0 Å². The van der Waals surface area contributed by atoms with Gasteiger partial charge in [0.1, 0.15) is 0 Å². The first kappa shape index (κ1) is 12.5. The van der Waals surface area contributed by atoms with Crippen molar-refractivity contribution >= 4 is 29.3 Å². The van der Waals surface area contributed by atoms with Gasteiger partial charge in [0.15, 0.2) is 0 Å². The van der Waals surface area contributed by atoms with Crippen molar-refractivity contribution in [2.24, 2.45) is 0 Å². The van der Waals surface area contributed by atoms with Gasteiger partial charge in [0, 0.05) is 5.39 Å². The van der Waals surface area contributed by atoms with Gasteiger partial charge in [0.25, 0.3) is 0 Å². The lowest BCUT2D eigenvalue weighted by Crippen LogP contribution is -2.04. The summed E-state index contributed by atoms with van der Waals surface area (Å²) in [6.07, 6.45) is 0.631. The molecule has 2 aromatic rings. The quantitative estimate of drug-likeness (QED) is 0.874. The first-order valence-corrected chi connectivity index (χ1v) is 4.84. The van der Waals surface area contributed by atoms with E-state index in [9.17, 15) is 4.79 Å². The summed E-state index contributed by atoms with van der Waals surface area (Å²) in [7, 11) is 0. The summed E-state index contributed by atoms with van der Waals surface area (Å²) >= 11 is 0. The molecule has 0 amide bonds. The zero-order valence-electron chi connectivity index (χ0n) is 8.80. The molecule has 0 atom stereocenters. The third-order valence-corrected chi connectivity index (χ3v) is 2.37. The van der Waals surface area contributed by atoms with Crippen LogP contribution in [0.15, 0.2) is 30.3 Å². The Morgan fingerprint density at radius 1 is 1.38 bits per heavy atom. The Balaban J connectivity index is 0.00000128. The largest absolute Gasteiger partial charge is 0.478 e. The number of carboxylic acids is 1. The van der Waals surface area contributed by atoms with Gasteiger partial charge in [-0.1, -0.05) is 25.1 Å². The highest BCUT2D eigenvalue weighted by molar-refractivity contribution is 5.93. The molecular formula is C12H12ClNO2. The van der Waals surface area contributed by atoms with Gasteiger partial charge in [-0.15, -0.1) is 12.4 Å².